The van der Waals surface area contributed by atoms with Crippen molar-refractivity contribution in [1.29, 1.82) is 5.26 Å². The number of hydrogen-bond acceptors (Lipinski definition) is 6. The summed E-state index contributed by atoms with van der Waals surface area (Å²) < 4.78 is 13.5. The normalized spacial score (nSPS) is 12.9. The van der Waals surface area contributed by atoms with Gasteiger partial charge in [-0.2, -0.15) is 5.26 Å². The van der Waals surface area contributed by atoms with Crippen LogP contribution in [-0.2, 0) is 17.8 Å². The molecule has 1 N–H and O–H groups in total. The molecule has 0 aliphatic carbocycles. The highest BCUT2D eigenvalue weighted by atomic mass is 19.1. The van der Waals surface area contributed by atoms with E-state index >= 15 is 0 Å². The summed E-state index contributed by atoms with van der Waals surface area (Å²) in [7, 11) is 0. The SMILES string of the molecule is N#Cc1cc(N(C=O)Cc2cccnc2)c(NCCc2cccc(F)c2)nc1N1CCCC1. The Kier molecular flexibility index (Phi) is 7.10. The van der Waals surface area contributed by atoms with Crippen molar-refractivity contribution >= 4 is 23.7 Å². The average Bonchev–Trinajstić information content (AvgIpc) is 3.38. The number of nitrogens with zero attached hydrogens (tertiary/aromatic N) is 5. The van der Waals surface area contributed by atoms with Gasteiger partial charge in [-0.25, -0.2) is 9.37 Å². The van der Waals surface area contributed by atoms with Crippen molar-refractivity contribution in [3.63, 3.8) is 0 Å². The molecule has 0 bridgehead atoms. The fraction of sp³-hybridized carbons (Fsp3) is 0.280. The zero-order chi connectivity index (χ0) is 23.0. The van der Waals surface area contributed by atoms with Gasteiger partial charge in [0.1, 0.15) is 17.7 Å². The van der Waals surface area contributed by atoms with Crippen LogP contribution in [0.4, 0.5) is 21.7 Å². The molecule has 1 aliphatic rings. The van der Waals surface area contributed by atoms with E-state index < -0.39 is 0 Å². The van der Waals surface area contributed by atoms with E-state index in [1.807, 2.05) is 18.2 Å². The smallest absolute Gasteiger partial charge is 0.214 e. The van der Waals surface area contributed by atoms with Gasteiger partial charge in [0.05, 0.1) is 17.8 Å². The molecule has 3 heterocycles. The molecule has 0 unspecified atom stereocenters. The van der Waals surface area contributed by atoms with Gasteiger partial charge in [0.25, 0.3) is 0 Å². The number of nitriles is 1. The molecule has 1 aromatic carbocycles. The number of rotatable bonds is 9. The Balaban J connectivity index is 1.65. The van der Waals surface area contributed by atoms with Crippen LogP contribution >= 0.6 is 0 Å². The molecule has 0 atom stereocenters. The molecule has 7 nitrogen and oxygen atoms in total. The summed E-state index contributed by atoms with van der Waals surface area (Å²) in [5.74, 6) is 0.868. The number of carbonyl (C=O) groups is 1. The zero-order valence-corrected chi connectivity index (χ0v) is 18.2. The Morgan fingerprint density at radius 1 is 1.18 bits per heavy atom. The number of amides is 1. The van der Waals surface area contributed by atoms with E-state index in [0.717, 1.165) is 43.5 Å². The second-order valence-electron chi connectivity index (χ2n) is 7.93. The third-order valence-electron chi connectivity index (χ3n) is 5.62. The Bertz CT molecular complexity index is 1140. The lowest BCUT2D eigenvalue weighted by Crippen LogP contribution is -2.25. The van der Waals surface area contributed by atoms with Crippen LogP contribution in [0.25, 0.3) is 0 Å². The van der Waals surface area contributed by atoms with Gasteiger partial charge in [0, 0.05) is 32.0 Å². The van der Waals surface area contributed by atoms with Crippen molar-refractivity contribution in [3.8, 4) is 6.07 Å². The lowest BCUT2D eigenvalue weighted by atomic mass is 10.1. The van der Waals surface area contributed by atoms with Crippen LogP contribution in [0.3, 0.4) is 0 Å². The van der Waals surface area contributed by atoms with Crippen LogP contribution in [0, 0.1) is 17.1 Å². The number of nitrogens with one attached hydrogen (secondary N) is 1. The number of aromatic nitrogens is 2. The maximum atomic E-state index is 13.5. The van der Waals surface area contributed by atoms with Gasteiger partial charge in [-0.05, 0) is 54.7 Å². The third kappa shape index (κ3) is 5.44. The van der Waals surface area contributed by atoms with Crippen molar-refractivity contribution in [1.82, 2.24) is 9.97 Å². The number of pyridine rings is 2. The minimum absolute atomic E-state index is 0.274. The quantitative estimate of drug-likeness (QED) is 0.504. The zero-order valence-electron chi connectivity index (χ0n) is 18.2. The minimum Gasteiger partial charge on any atom is -0.368 e. The number of benzene rings is 1. The first-order chi connectivity index (χ1) is 16.2. The number of carbonyl (C=O) groups excluding carboxylic acids is 1. The molecule has 4 rings (SSSR count). The van der Waals surface area contributed by atoms with Crippen LogP contribution in [-0.4, -0.2) is 36.0 Å². The Morgan fingerprint density at radius 2 is 2.00 bits per heavy atom. The summed E-state index contributed by atoms with van der Waals surface area (Å²) in [5.41, 5.74) is 2.67. The lowest BCUT2D eigenvalue weighted by molar-refractivity contribution is -0.107. The Labute approximate surface area is 192 Å². The molecular weight excluding hydrogens is 419 g/mol. The predicted octanol–water partition coefficient (Wildman–Crippen LogP) is 3.91. The minimum atomic E-state index is -0.274. The predicted molar refractivity (Wildman–Crippen MR) is 125 cm³/mol. The van der Waals surface area contributed by atoms with Crippen molar-refractivity contribution in [2.24, 2.45) is 0 Å². The highest BCUT2D eigenvalue weighted by Crippen LogP contribution is 2.32. The molecule has 1 fully saturated rings. The van der Waals surface area contributed by atoms with E-state index in [1.165, 1.54) is 17.0 Å². The fourth-order valence-corrected chi connectivity index (χ4v) is 3.98. The third-order valence-corrected chi connectivity index (χ3v) is 5.62. The van der Waals surface area contributed by atoms with E-state index in [2.05, 4.69) is 21.3 Å². The first kappa shape index (κ1) is 22.2. The molecular formula is C25H25FN6O. The van der Waals surface area contributed by atoms with Crippen LogP contribution < -0.4 is 15.1 Å². The fourth-order valence-electron chi connectivity index (χ4n) is 3.98. The molecule has 0 saturated carbocycles. The van der Waals surface area contributed by atoms with Crippen LogP contribution in [0.2, 0.25) is 0 Å². The molecule has 1 saturated heterocycles. The van der Waals surface area contributed by atoms with E-state index in [4.69, 9.17) is 4.98 Å². The van der Waals surface area contributed by atoms with Gasteiger partial charge in [0.2, 0.25) is 6.41 Å². The lowest BCUT2D eigenvalue weighted by Gasteiger charge is -2.25. The standard InChI is InChI=1S/C25H25FN6O/c26-22-7-3-5-19(13-22)8-10-29-24-23(32(18-33)17-20-6-4-9-28-16-20)14-21(15-27)25(30-24)31-11-1-2-12-31/h3-7,9,13-14,16,18H,1-2,8,10-12,17H2,(H,29,30). The summed E-state index contributed by atoms with van der Waals surface area (Å²) in [6.45, 7) is 2.48. The van der Waals surface area contributed by atoms with Gasteiger partial charge in [-0.15, -0.1) is 0 Å². The Hall–Kier alpha value is -3.99. The highest BCUT2D eigenvalue weighted by Gasteiger charge is 2.22. The summed E-state index contributed by atoms with van der Waals surface area (Å²) in [5, 5.41) is 13.1. The first-order valence-corrected chi connectivity index (χ1v) is 11.0. The summed E-state index contributed by atoms with van der Waals surface area (Å²) >= 11 is 0. The summed E-state index contributed by atoms with van der Waals surface area (Å²) in [4.78, 5) is 24.6. The molecule has 2 aromatic heterocycles. The highest BCUT2D eigenvalue weighted by molar-refractivity contribution is 5.84. The summed E-state index contributed by atoms with van der Waals surface area (Å²) in [6.07, 6.45) is 6.80. The average molecular weight is 445 g/mol. The molecule has 1 amide bonds. The van der Waals surface area contributed by atoms with Gasteiger partial charge in [-0.3, -0.25) is 9.78 Å². The van der Waals surface area contributed by atoms with Gasteiger partial charge >= 0.3 is 0 Å². The van der Waals surface area contributed by atoms with E-state index in [1.54, 1.807) is 24.5 Å². The van der Waals surface area contributed by atoms with Gasteiger partial charge in [0.15, 0.2) is 5.82 Å². The molecule has 168 valence electrons. The molecule has 33 heavy (non-hydrogen) atoms. The van der Waals surface area contributed by atoms with Crippen molar-refractivity contribution in [3.05, 3.63) is 77.4 Å². The Morgan fingerprint density at radius 3 is 2.70 bits per heavy atom. The molecule has 1 aliphatic heterocycles. The van der Waals surface area contributed by atoms with Crippen LogP contribution in [0.1, 0.15) is 29.5 Å². The largest absolute Gasteiger partial charge is 0.368 e. The van der Waals surface area contributed by atoms with Gasteiger partial charge < -0.3 is 15.1 Å². The van der Waals surface area contributed by atoms with Crippen molar-refractivity contribution < 1.29 is 9.18 Å². The first-order valence-electron chi connectivity index (χ1n) is 11.0. The van der Waals surface area contributed by atoms with Gasteiger partial charge in [-0.1, -0.05) is 18.2 Å². The van der Waals surface area contributed by atoms with Crippen molar-refractivity contribution in [2.45, 2.75) is 25.8 Å². The maximum absolute atomic E-state index is 13.5. The monoisotopic (exact) mass is 444 g/mol. The number of hydrogen-bond donors (Lipinski definition) is 1. The van der Waals surface area contributed by atoms with E-state index in [0.29, 0.717) is 42.4 Å². The number of anilines is 3. The second-order valence-corrected chi connectivity index (χ2v) is 7.93. The van der Waals surface area contributed by atoms with E-state index in [-0.39, 0.29) is 5.82 Å². The molecule has 0 radical (unpaired) electrons. The topological polar surface area (TPSA) is 85.1 Å². The van der Waals surface area contributed by atoms with Crippen LogP contribution in [0.15, 0.2) is 54.9 Å². The molecule has 3 aromatic rings. The maximum Gasteiger partial charge on any atom is 0.214 e. The molecule has 8 heteroatoms. The van der Waals surface area contributed by atoms with E-state index in [9.17, 15) is 14.4 Å². The van der Waals surface area contributed by atoms with Crippen LogP contribution in [0.5, 0.6) is 0 Å². The second kappa shape index (κ2) is 10.6. The molecule has 0 spiro atoms. The number of halogens is 1. The summed E-state index contributed by atoms with van der Waals surface area (Å²) in [6, 6.07) is 14.1. The van der Waals surface area contributed by atoms with Crippen molar-refractivity contribution in [2.75, 3.05) is 34.8 Å².